The van der Waals surface area contributed by atoms with E-state index in [2.05, 4.69) is 11.8 Å². The molecule has 3 nitrogen and oxygen atoms in total. The van der Waals surface area contributed by atoms with Crippen LogP contribution in [0.4, 0.5) is 0 Å². The Balaban J connectivity index is 1.64. The van der Waals surface area contributed by atoms with E-state index in [1.807, 2.05) is 0 Å². The van der Waals surface area contributed by atoms with Crippen molar-refractivity contribution in [2.75, 3.05) is 13.1 Å². The van der Waals surface area contributed by atoms with Gasteiger partial charge in [0.15, 0.2) is 0 Å². The summed E-state index contributed by atoms with van der Waals surface area (Å²) in [5.41, 5.74) is 6.05. The third-order valence-corrected chi connectivity index (χ3v) is 5.59. The number of amides is 1. The number of hydrogen-bond donors (Lipinski definition) is 1. The fourth-order valence-electron chi connectivity index (χ4n) is 4.35. The molecule has 102 valence electrons. The molecule has 3 aliphatic rings. The van der Waals surface area contributed by atoms with Gasteiger partial charge < -0.3 is 10.6 Å². The van der Waals surface area contributed by atoms with Gasteiger partial charge in [0.2, 0.25) is 5.91 Å². The molecule has 0 aromatic carbocycles. The SMILES string of the molecule is CC1CCC(N)CC1C(=O)N1CC2CCCC2C1. The predicted octanol–water partition coefficient (Wildman–Crippen LogP) is 2.01. The van der Waals surface area contributed by atoms with Crippen LogP contribution in [0.3, 0.4) is 0 Å². The van der Waals surface area contributed by atoms with Crippen molar-refractivity contribution in [3.63, 3.8) is 0 Å². The molecule has 5 unspecified atom stereocenters. The van der Waals surface area contributed by atoms with Crippen LogP contribution in [0.25, 0.3) is 0 Å². The highest BCUT2D eigenvalue weighted by Gasteiger charge is 2.41. The fraction of sp³-hybridized carbons (Fsp3) is 0.933. The largest absolute Gasteiger partial charge is 0.342 e. The monoisotopic (exact) mass is 250 g/mol. The molecule has 0 aromatic rings. The van der Waals surface area contributed by atoms with Gasteiger partial charge in [0, 0.05) is 25.0 Å². The van der Waals surface area contributed by atoms with Crippen LogP contribution in [-0.2, 0) is 4.79 Å². The van der Waals surface area contributed by atoms with Crippen molar-refractivity contribution in [1.29, 1.82) is 0 Å². The molecule has 3 rings (SSSR count). The van der Waals surface area contributed by atoms with Gasteiger partial charge in [0.1, 0.15) is 0 Å². The number of carbonyl (C=O) groups is 1. The summed E-state index contributed by atoms with van der Waals surface area (Å²) < 4.78 is 0. The van der Waals surface area contributed by atoms with Crippen molar-refractivity contribution in [3.05, 3.63) is 0 Å². The molecular weight excluding hydrogens is 224 g/mol. The lowest BCUT2D eigenvalue weighted by molar-refractivity contribution is -0.137. The van der Waals surface area contributed by atoms with Gasteiger partial charge in [-0.2, -0.15) is 0 Å². The van der Waals surface area contributed by atoms with Crippen LogP contribution in [0.15, 0.2) is 0 Å². The molecule has 0 bridgehead atoms. The molecule has 3 fully saturated rings. The van der Waals surface area contributed by atoms with Crippen molar-refractivity contribution in [2.24, 2.45) is 29.4 Å². The molecule has 2 saturated carbocycles. The van der Waals surface area contributed by atoms with Crippen molar-refractivity contribution in [2.45, 2.75) is 51.5 Å². The molecule has 0 spiro atoms. The summed E-state index contributed by atoms with van der Waals surface area (Å²) in [6.45, 7) is 4.29. The molecule has 18 heavy (non-hydrogen) atoms. The van der Waals surface area contributed by atoms with Gasteiger partial charge >= 0.3 is 0 Å². The molecule has 1 amide bonds. The molecule has 2 N–H and O–H groups in total. The zero-order valence-corrected chi connectivity index (χ0v) is 11.5. The van der Waals surface area contributed by atoms with Crippen LogP contribution in [0, 0.1) is 23.7 Å². The maximum absolute atomic E-state index is 12.7. The van der Waals surface area contributed by atoms with E-state index in [-0.39, 0.29) is 12.0 Å². The molecule has 5 atom stereocenters. The first-order valence-electron chi connectivity index (χ1n) is 7.69. The van der Waals surface area contributed by atoms with Gasteiger partial charge in [-0.15, -0.1) is 0 Å². The van der Waals surface area contributed by atoms with E-state index in [4.69, 9.17) is 5.73 Å². The second-order valence-electron chi connectivity index (χ2n) is 6.85. The minimum Gasteiger partial charge on any atom is -0.342 e. The minimum absolute atomic E-state index is 0.201. The molecule has 1 saturated heterocycles. The number of rotatable bonds is 1. The summed E-state index contributed by atoms with van der Waals surface area (Å²) in [6, 6.07) is 0.247. The first-order chi connectivity index (χ1) is 8.65. The standard InChI is InChI=1S/C15H26N2O/c1-10-5-6-13(16)7-14(10)15(18)17-8-11-3-2-4-12(11)9-17/h10-14H,2-9,16H2,1H3. The Morgan fingerprint density at radius 3 is 2.44 bits per heavy atom. The Morgan fingerprint density at radius 1 is 1.11 bits per heavy atom. The predicted molar refractivity (Wildman–Crippen MR) is 71.9 cm³/mol. The zero-order valence-electron chi connectivity index (χ0n) is 11.5. The summed E-state index contributed by atoms with van der Waals surface area (Å²) in [5, 5.41) is 0. The third-order valence-electron chi connectivity index (χ3n) is 5.59. The molecule has 0 radical (unpaired) electrons. The second-order valence-corrected chi connectivity index (χ2v) is 6.85. The third kappa shape index (κ3) is 2.18. The van der Waals surface area contributed by atoms with Crippen LogP contribution in [0.5, 0.6) is 0 Å². The Hall–Kier alpha value is -0.570. The lowest BCUT2D eigenvalue weighted by Crippen LogP contribution is -2.43. The van der Waals surface area contributed by atoms with Crippen molar-refractivity contribution in [3.8, 4) is 0 Å². The number of carbonyl (C=O) groups excluding carboxylic acids is 1. The first kappa shape index (κ1) is 12.5. The van der Waals surface area contributed by atoms with Gasteiger partial charge in [0.25, 0.3) is 0 Å². The highest BCUT2D eigenvalue weighted by Crippen LogP contribution is 2.39. The summed E-state index contributed by atoms with van der Waals surface area (Å²) in [5.74, 6) is 2.75. The smallest absolute Gasteiger partial charge is 0.226 e. The number of hydrogen-bond acceptors (Lipinski definition) is 2. The molecule has 3 heteroatoms. The van der Waals surface area contributed by atoms with Gasteiger partial charge in [0.05, 0.1) is 0 Å². The second kappa shape index (κ2) is 4.84. The first-order valence-corrected chi connectivity index (χ1v) is 7.69. The number of nitrogens with two attached hydrogens (primary N) is 1. The van der Waals surface area contributed by atoms with Crippen molar-refractivity contribution in [1.82, 2.24) is 4.90 Å². The normalized spacial score (nSPS) is 44.1. The summed E-state index contributed by atoms with van der Waals surface area (Å²) in [4.78, 5) is 14.8. The van der Waals surface area contributed by atoms with Crippen LogP contribution >= 0.6 is 0 Å². The van der Waals surface area contributed by atoms with E-state index in [1.54, 1.807) is 0 Å². The Morgan fingerprint density at radius 2 is 1.78 bits per heavy atom. The van der Waals surface area contributed by atoms with Crippen molar-refractivity contribution < 1.29 is 4.79 Å². The zero-order chi connectivity index (χ0) is 12.7. The molecule has 1 heterocycles. The van der Waals surface area contributed by atoms with Gasteiger partial charge in [-0.05, 0) is 49.9 Å². The summed E-state index contributed by atoms with van der Waals surface area (Å²) >= 11 is 0. The van der Waals surface area contributed by atoms with Crippen molar-refractivity contribution >= 4 is 5.91 Å². The van der Waals surface area contributed by atoms with E-state index in [0.29, 0.717) is 11.8 Å². The highest BCUT2D eigenvalue weighted by molar-refractivity contribution is 5.79. The summed E-state index contributed by atoms with van der Waals surface area (Å²) in [7, 11) is 0. The van der Waals surface area contributed by atoms with E-state index in [1.165, 1.54) is 19.3 Å². The quantitative estimate of drug-likeness (QED) is 0.774. The Kier molecular flexibility index (Phi) is 3.35. The van der Waals surface area contributed by atoms with Gasteiger partial charge in [-0.25, -0.2) is 0 Å². The molecular formula is C15H26N2O. The lowest BCUT2D eigenvalue weighted by Gasteiger charge is -2.34. The van der Waals surface area contributed by atoms with Crippen LogP contribution < -0.4 is 5.73 Å². The van der Waals surface area contributed by atoms with Crippen LogP contribution in [0.2, 0.25) is 0 Å². The fourth-order valence-corrected chi connectivity index (χ4v) is 4.35. The van der Waals surface area contributed by atoms with Crippen LogP contribution in [-0.4, -0.2) is 29.9 Å². The molecule has 1 aliphatic heterocycles. The topological polar surface area (TPSA) is 46.3 Å². The molecule has 0 aromatic heterocycles. The average molecular weight is 250 g/mol. The van der Waals surface area contributed by atoms with E-state index < -0.39 is 0 Å². The average Bonchev–Trinajstić information content (AvgIpc) is 2.91. The van der Waals surface area contributed by atoms with E-state index >= 15 is 0 Å². The lowest BCUT2D eigenvalue weighted by atomic mass is 9.77. The van der Waals surface area contributed by atoms with E-state index in [9.17, 15) is 4.79 Å². The Labute approximate surface area is 110 Å². The summed E-state index contributed by atoms with van der Waals surface area (Å²) in [6.07, 6.45) is 7.19. The number of nitrogens with zero attached hydrogens (tertiary/aromatic N) is 1. The maximum atomic E-state index is 12.7. The number of likely N-dealkylation sites (tertiary alicyclic amines) is 1. The highest BCUT2D eigenvalue weighted by atomic mass is 16.2. The van der Waals surface area contributed by atoms with Gasteiger partial charge in [-0.3, -0.25) is 4.79 Å². The number of fused-ring (bicyclic) bond motifs is 1. The van der Waals surface area contributed by atoms with Crippen LogP contribution in [0.1, 0.15) is 45.4 Å². The van der Waals surface area contributed by atoms with Gasteiger partial charge in [-0.1, -0.05) is 13.3 Å². The Bertz CT molecular complexity index is 318. The van der Waals surface area contributed by atoms with E-state index in [0.717, 1.165) is 44.2 Å². The molecule has 2 aliphatic carbocycles. The minimum atomic E-state index is 0.201. The maximum Gasteiger partial charge on any atom is 0.226 e.